The van der Waals surface area contributed by atoms with Crippen molar-refractivity contribution in [2.75, 3.05) is 19.7 Å². The standard InChI is InChI=1S/C15H21N5O3/c1-3-23-13(21)9-20(7-10-4-5-10)8-12-17-14-11(15(22)18-12)6-16-19(14)2/h6,10H,3-5,7-9H2,1-2H3,(H,17,18,22). The maximum atomic E-state index is 12.1. The van der Waals surface area contributed by atoms with Crippen LogP contribution in [0.1, 0.15) is 25.6 Å². The summed E-state index contributed by atoms with van der Waals surface area (Å²) in [7, 11) is 1.75. The van der Waals surface area contributed by atoms with Gasteiger partial charge in [-0.05, 0) is 25.7 Å². The largest absolute Gasteiger partial charge is 0.465 e. The molecule has 0 atom stereocenters. The summed E-state index contributed by atoms with van der Waals surface area (Å²) in [4.78, 5) is 33.1. The van der Waals surface area contributed by atoms with Crippen molar-refractivity contribution in [2.45, 2.75) is 26.3 Å². The van der Waals surface area contributed by atoms with Gasteiger partial charge in [0.05, 0.1) is 25.9 Å². The van der Waals surface area contributed by atoms with Gasteiger partial charge in [0.2, 0.25) is 0 Å². The molecule has 1 fully saturated rings. The quantitative estimate of drug-likeness (QED) is 0.744. The van der Waals surface area contributed by atoms with Crippen LogP contribution >= 0.6 is 0 Å². The zero-order valence-electron chi connectivity index (χ0n) is 13.4. The van der Waals surface area contributed by atoms with E-state index in [4.69, 9.17) is 4.74 Å². The number of fused-ring (bicyclic) bond motifs is 1. The molecule has 3 rings (SSSR count). The van der Waals surface area contributed by atoms with Crippen LogP contribution in [0.3, 0.4) is 0 Å². The smallest absolute Gasteiger partial charge is 0.320 e. The number of hydrogen-bond acceptors (Lipinski definition) is 6. The number of esters is 1. The highest BCUT2D eigenvalue weighted by Gasteiger charge is 2.26. The number of hydrogen-bond donors (Lipinski definition) is 1. The van der Waals surface area contributed by atoms with E-state index in [0.717, 1.165) is 6.54 Å². The van der Waals surface area contributed by atoms with Crippen molar-refractivity contribution in [1.82, 2.24) is 24.6 Å². The Morgan fingerprint density at radius 2 is 2.30 bits per heavy atom. The monoisotopic (exact) mass is 319 g/mol. The molecule has 0 radical (unpaired) electrons. The number of rotatable bonds is 7. The van der Waals surface area contributed by atoms with Crippen LogP contribution in [0.15, 0.2) is 11.0 Å². The summed E-state index contributed by atoms with van der Waals surface area (Å²) < 4.78 is 6.60. The minimum atomic E-state index is -0.253. The van der Waals surface area contributed by atoms with Crippen LogP contribution in [0.5, 0.6) is 0 Å². The van der Waals surface area contributed by atoms with Gasteiger partial charge in [0, 0.05) is 13.6 Å². The van der Waals surface area contributed by atoms with Crippen LogP contribution < -0.4 is 5.56 Å². The first-order chi connectivity index (χ1) is 11.1. The third-order valence-corrected chi connectivity index (χ3v) is 3.90. The molecule has 0 aromatic carbocycles. The fraction of sp³-hybridized carbons (Fsp3) is 0.600. The van der Waals surface area contributed by atoms with Crippen molar-refractivity contribution in [3.8, 4) is 0 Å². The second kappa shape index (κ2) is 6.49. The van der Waals surface area contributed by atoms with Crippen LogP contribution in [0.4, 0.5) is 0 Å². The van der Waals surface area contributed by atoms with Crippen LogP contribution in [-0.2, 0) is 23.1 Å². The van der Waals surface area contributed by atoms with Crippen molar-refractivity contribution >= 4 is 17.0 Å². The number of aromatic nitrogens is 4. The zero-order chi connectivity index (χ0) is 16.4. The van der Waals surface area contributed by atoms with Gasteiger partial charge in [-0.2, -0.15) is 5.10 Å². The molecule has 1 aliphatic rings. The molecule has 8 nitrogen and oxygen atoms in total. The number of aromatic amines is 1. The molecular weight excluding hydrogens is 298 g/mol. The van der Waals surface area contributed by atoms with E-state index in [-0.39, 0.29) is 18.1 Å². The fourth-order valence-electron chi connectivity index (χ4n) is 2.60. The molecule has 2 heterocycles. The molecule has 1 N–H and O–H groups in total. The molecule has 0 aliphatic heterocycles. The van der Waals surface area contributed by atoms with Gasteiger partial charge in [0.15, 0.2) is 5.65 Å². The third-order valence-electron chi connectivity index (χ3n) is 3.90. The highest BCUT2D eigenvalue weighted by atomic mass is 16.5. The summed E-state index contributed by atoms with van der Waals surface area (Å²) in [5.74, 6) is 0.907. The fourth-order valence-corrected chi connectivity index (χ4v) is 2.60. The summed E-state index contributed by atoms with van der Waals surface area (Å²) in [6.07, 6.45) is 3.87. The Morgan fingerprint density at radius 1 is 1.52 bits per heavy atom. The first kappa shape index (κ1) is 15.7. The van der Waals surface area contributed by atoms with E-state index >= 15 is 0 Å². The molecule has 124 valence electrons. The topological polar surface area (TPSA) is 93.1 Å². The molecule has 23 heavy (non-hydrogen) atoms. The summed E-state index contributed by atoms with van der Waals surface area (Å²) >= 11 is 0. The molecule has 0 spiro atoms. The van der Waals surface area contributed by atoms with Crippen molar-refractivity contribution in [3.63, 3.8) is 0 Å². The Bertz CT molecular complexity index is 762. The number of carbonyl (C=O) groups excluding carboxylic acids is 1. The average Bonchev–Trinajstić information content (AvgIpc) is 3.22. The van der Waals surface area contributed by atoms with Crippen molar-refractivity contribution < 1.29 is 9.53 Å². The lowest BCUT2D eigenvalue weighted by Gasteiger charge is -2.20. The van der Waals surface area contributed by atoms with Crippen LogP contribution in [-0.4, -0.2) is 50.3 Å². The Hall–Kier alpha value is -2.22. The van der Waals surface area contributed by atoms with Crippen LogP contribution in [0.25, 0.3) is 11.0 Å². The second-order valence-electron chi connectivity index (χ2n) is 5.94. The lowest BCUT2D eigenvalue weighted by molar-refractivity contribution is -0.144. The van der Waals surface area contributed by atoms with Crippen molar-refractivity contribution in [1.29, 1.82) is 0 Å². The molecule has 0 unspecified atom stereocenters. The summed E-state index contributed by atoms with van der Waals surface area (Å²) in [5, 5.41) is 4.52. The number of nitrogens with one attached hydrogen (secondary N) is 1. The number of H-pyrrole nitrogens is 1. The number of carbonyl (C=O) groups is 1. The van der Waals surface area contributed by atoms with E-state index in [1.807, 2.05) is 4.90 Å². The molecule has 2 aromatic rings. The van der Waals surface area contributed by atoms with Crippen molar-refractivity contribution in [3.05, 3.63) is 22.4 Å². The predicted octanol–water partition coefficient (Wildman–Crippen LogP) is 0.432. The maximum absolute atomic E-state index is 12.1. The van der Waals surface area contributed by atoms with Gasteiger partial charge in [-0.3, -0.25) is 19.2 Å². The molecule has 1 saturated carbocycles. The van der Waals surface area contributed by atoms with Crippen LogP contribution in [0.2, 0.25) is 0 Å². The third kappa shape index (κ3) is 3.76. The minimum absolute atomic E-state index is 0.206. The van der Waals surface area contributed by atoms with E-state index in [1.54, 1.807) is 18.7 Å². The molecule has 0 saturated heterocycles. The Balaban J connectivity index is 1.79. The van der Waals surface area contributed by atoms with Gasteiger partial charge in [-0.1, -0.05) is 0 Å². The summed E-state index contributed by atoms with van der Waals surface area (Å²) in [5.41, 5.74) is 0.340. The molecule has 1 aliphatic carbocycles. The molecule has 2 aromatic heterocycles. The lowest BCUT2D eigenvalue weighted by Crippen LogP contribution is -2.33. The van der Waals surface area contributed by atoms with Crippen LogP contribution in [0, 0.1) is 5.92 Å². The Kier molecular flexibility index (Phi) is 4.42. The van der Waals surface area contributed by atoms with Gasteiger partial charge < -0.3 is 9.72 Å². The maximum Gasteiger partial charge on any atom is 0.320 e. The molecule has 0 bridgehead atoms. The Morgan fingerprint density at radius 3 is 3.00 bits per heavy atom. The van der Waals surface area contributed by atoms with E-state index in [2.05, 4.69) is 15.1 Å². The summed E-state index contributed by atoms with van der Waals surface area (Å²) in [6, 6.07) is 0. The van der Waals surface area contributed by atoms with E-state index in [9.17, 15) is 9.59 Å². The van der Waals surface area contributed by atoms with Gasteiger partial charge >= 0.3 is 5.97 Å². The highest BCUT2D eigenvalue weighted by Crippen LogP contribution is 2.30. The van der Waals surface area contributed by atoms with E-state index in [0.29, 0.717) is 35.9 Å². The van der Waals surface area contributed by atoms with Gasteiger partial charge in [-0.15, -0.1) is 0 Å². The molecule has 8 heteroatoms. The van der Waals surface area contributed by atoms with E-state index < -0.39 is 0 Å². The molecular formula is C15H21N5O3. The Labute approximate surface area is 133 Å². The highest BCUT2D eigenvalue weighted by molar-refractivity contribution is 5.73. The first-order valence-electron chi connectivity index (χ1n) is 7.85. The number of nitrogens with zero attached hydrogens (tertiary/aromatic N) is 4. The molecule has 0 amide bonds. The summed E-state index contributed by atoms with van der Waals surface area (Å²) in [6.45, 7) is 3.58. The van der Waals surface area contributed by atoms with E-state index in [1.165, 1.54) is 19.0 Å². The van der Waals surface area contributed by atoms with Crippen molar-refractivity contribution in [2.24, 2.45) is 13.0 Å². The zero-order valence-corrected chi connectivity index (χ0v) is 13.4. The van der Waals surface area contributed by atoms with Gasteiger partial charge in [0.1, 0.15) is 11.2 Å². The first-order valence-corrected chi connectivity index (χ1v) is 7.85. The number of aryl methyl sites for hydroxylation is 1. The number of ether oxygens (including phenoxy) is 1. The average molecular weight is 319 g/mol. The SMILES string of the molecule is CCOC(=O)CN(Cc1nc2c(cnn2C)c(=O)[nH]1)CC1CC1. The predicted molar refractivity (Wildman–Crippen MR) is 83.8 cm³/mol. The second-order valence-corrected chi connectivity index (χ2v) is 5.94. The van der Waals surface area contributed by atoms with Gasteiger partial charge in [0.25, 0.3) is 5.56 Å². The van der Waals surface area contributed by atoms with Gasteiger partial charge in [-0.25, -0.2) is 4.98 Å². The normalized spacial score (nSPS) is 14.6. The minimum Gasteiger partial charge on any atom is -0.465 e. The lowest BCUT2D eigenvalue weighted by atomic mass is 10.3.